The maximum Gasteiger partial charge on any atom is 0.303 e. The lowest BCUT2D eigenvalue weighted by Gasteiger charge is -1.86. The highest BCUT2D eigenvalue weighted by Gasteiger charge is 1.67. The molecule has 0 saturated heterocycles. The summed E-state index contributed by atoms with van der Waals surface area (Å²) >= 11 is 2.94. The molecule has 0 aliphatic carbocycles. The van der Waals surface area contributed by atoms with Crippen LogP contribution in [0.5, 0.6) is 0 Å². The van der Waals surface area contributed by atoms with Crippen LogP contribution in [0.3, 0.4) is 0 Å². The molecule has 0 N–H and O–H groups in total. The van der Waals surface area contributed by atoms with Crippen LogP contribution < -0.4 is 0 Å². The van der Waals surface area contributed by atoms with Crippen molar-refractivity contribution in [2.45, 2.75) is 0 Å². The van der Waals surface area contributed by atoms with Gasteiger partial charge in [0.15, 0.2) is 12.1 Å². The molecule has 0 bridgehead atoms. The van der Waals surface area contributed by atoms with Crippen molar-refractivity contribution in [1.29, 1.82) is 10.5 Å². The van der Waals surface area contributed by atoms with Gasteiger partial charge in [-0.3, -0.25) is 0 Å². The third-order valence-corrected chi connectivity index (χ3v) is 0.757. The van der Waals surface area contributed by atoms with Crippen molar-refractivity contribution in [3.63, 3.8) is 0 Å². The van der Waals surface area contributed by atoms with E-state index in [1.54, 1.807) is 14.2 Å². The lowest BCUT2D eigenvalue weighted by molar-refractivity contribution is 0.309. The smallest absolute Gasteiger partial charge is 0.303 e. The summed E-state index contributed by atoms with van der Waals surface area (Å²) in [7, 11) is 2.73. The molecule has 0 aliphatic rings. The second kappa shape index (κ2) is 33.6. The highest BCUT2D eigenvalue weighted by Crippen LogP contribution is 1.55. The van der Waals surface area contributed by atoms with Crippen molar-refractivity contribution in [3.05, 3.63) is 0 Å². The summed E-state index contributed by atoms with van der Waals surface area (Å²) in [4.78, 5) is 0. The van der Waals surface area contributed by atoms with Crippen LogP contribution in [0.4, 0.5) is 0 Å². The molecule has 0 aromatic carbocycles. The van der Waals surface area contributed by atoms with E-state index in [1.165, 1.54) is 12.1 Å². The molecule has 6 heteroatoms. The van der Waals surface area contributed by atoms with E-state index in [9.17, 15) is 0 Å². The Kier molecular flexibility index (Phi) is 51.6. The fraction of sp³-hybridized carbons (Fsp3) is 0.600. The van der Waals surface area contributed by atoms with Gasteiger partial charge < -0.3 is 8.85 Å². The van der Waals surface area contributed by atoms with E-state index in [4.69, 9.17) is 10.5 Å². The summed E-state index contributed by atoms with van der Waals surface area (Å²) in [5.41, 5.74) is 0. The van der Waals surface area contributed by atoms with Gasteiger partial charge in [-0.05, 0) is 5.83 Å². The summed E-state index contributed by atoms with van der Waals surface area (Å²) in [5, 5.41) is 14.5. The first-order chi connectivity index (χ1) is 5.33. The van der Waals surface area contributed by atoms with Crippen molar-refractivity contribution < 1.29 is 8.85 Å². The summed E-state index contributed by atoms with van der Waals surface area (Å²) in [5.74, 6) is 1.81. The van der Waals surface area contributed by atoms with E-state index >= 15 is 0 Å². The Morgan fingerprint density at radius 2 is 1.36 bits per heavy atom. The minimum atomic E-state index is -0.568. The number of nitrogens with zero attached hydrogens (tertiary/aromatic N) is 2. The van der Waals surface area contributed by atoms with Crippen LogP contribution in [0.1, 0.15) is 0 Å². The summed E-state index contributed by atoms with van der Waals surface area (Å²) in [6.45, 7) is 0. The molecule has 64 valence electrons. The van der Waals surface area contributed by atoms with Crippen LogP contribution in [-0.2, 0) is 8.85 Å². The minimum Gasteiger partial charge on any atom is -0.402 e. The van der Waals surface area contributed by atoms with Crippen LogP contribution >= 0.6 is 15.9 Å². The van der Waals surface area contributed by atoms with E-state index in [0.29, 0.717) is 0 Å². The fourth-order valence-electron chi connectivity index (χ4n) is 0.118. The van der Waals surface area contributed by atoms with Crippen molar-refractivity contribution in [3.8, 4) is 12.1 Å². The normalized spacial score (nSPS) is 5.27. The number of alkyl halides is 1. The lowest BCUT2D eigenvalue weighted by Crippen LogP contribution is -1.93. The highest BCUT2D eigenvalue weighted by atomic mass is 79.9. The van der Waals surface area contributed by atoms with Gasteiger partial charge in [0.25, 0.3) is 0 Å². The summed E-state index contributed by atoms with van der Waals surface area (Å²) in [6, 6.07) is 2.47. The maximum atomic E-state index is 7.26. The van der Waals surface area contributed by atoms with E-state index in [0.717, 1.165) is 0 Å². The Balaban J connectivity index is -0.0000000965. The van der Waals surface area contributed by atoms with Crippen LogP contribution in [0.2, 0.25) is 0 Å². The highest BCUT2D eigenvalue weighted by molar-refractivity contribution is 9.08. The first-order valence-corrected chi connectivity index (χ1v) is 5.21. The van der Waals surface area contributed by atoms with Gasteiger partial charge in [0, 0.05) is 14.2 Å². The molecule has 4 nitrogen and oxygen atoms in total. The second-order valence-electron chi connectivity index (χ2n) is 0.919. The molecule has 0 aromatic heterocycles. The number of halogens is 1. The van der Waals surface area contributed by atoms with Gasteiger partial charge in [0.05, 0.1) is 0 Å². The van der Waals surface area contributed by atoms with Crippen LogP contribution in [-0.4, -0.2) is 30.1 Å². The average molecular weight is 239 g/mol. The average Bonchev–Trinajstić information content (AvgIpc) is 2.10. The molecule has 0 heterocycles. The Hall–Kier alpha value is -0.403. The molecule has 0 aromatic rings. The van der Waals surface area contributed by atoms with Crippen LogP contribution in [0.15, 0.2) is 0 Å². The van der Waals surface area contributed by atoms with E-state index in [1.807, 2.05) is 5.83 Å². The predicted molar refractivity (Wildman–Crippen MR) is 48.6 cm³/mol. The van der Waals surface area contributed by atoms with E-state index in [-0.39, 0.29) is 0 Å². The number of nitriles is 2. The quantitative estimate of drug-likeness (QED) is 0.514. The fourth-order valence-corrected chi connectivity index (χ4v) is 0.354. The van der Waals surface area contributed by atoms with Crippen molar-refractivity contribution in [1.82, 2.24) is 0 Å². The van der Waals surface area contributed by atoms with Crippen molar-refractivity contribution in [2.24, 2.45) is 0 Å². The Labute approximate surface area is 77.9 Å². The van der Waals surface area contributed by atoms with Gasteiger partial charge >= 0.3 is 10.0 Å². The predicted octanol–water partition coefficient (Wildman–Crippen LogP) is 0.323. The first-order valence-electron chi connectivity index (χ1n) is 2.47. The molecule has 0 unspecified atom stereocenters. The standard InChI is InChI=1S/C2N2.C2H8O2Si.CH3Br/c3-1-2-4;1-3-5-4-2;1-2/h;5H2,1-2H3;1H3. The zero-order valence-corrected chi connectivity index (χ0v) is 9.80. The molecular weight excluding hydrogens is 228 g/mol. The van der Waals surface area contributed by atoms with Gasteiger partial charge in [-0.25, -0.2) is 0 Å². The van der Waals surface area contributed by atoms with Crippen LogP contribution in [0.25, 0.3) is 0 Å². The van der Waals surface area contributed by atoms with Crippen LogP contribution in [0, 0.1) is 22.7 Å². The third-order valence-electron chi connectivity index (χ3n) is 0.286. The number of rotatable bonds is 2. The maximum absolute atomic E-state index is 7.26. The molecule has 0 aliphatic heterocycles. The minimum absolute atomic E-state index is 0.568. The molecule has 0 fully saturated rings. The summed E-state index contributed by atoms with van der Waals surface area (Å²) < 4.78 is 9.22. The monoisotopic (exact) mass is 238 g/mol. The van der Waals surface area contributed by atoms with Crippen molar-refractivity contribution in [2.75, 3.05) is 20.1 Å². The molecule has 0 atom stereocenters. The molecule has 0 amide bonds. The molecule has 0 saturated carbocycles. The number of hydrogen-bond acceptors (Lipinski definition) is 4. The molecule has 0 rings (SSSR count). The van der Waals surface area contributed by atoms with Crippen molar-refractivity contribution >= 4 is 25.9 Å². The lowest BCUT2D eigenvalue weighted by atomic mass is 10.9. The van der Waals surface area contributed by atoms with Gasteiger partial charge in [-0.1, -0.05) is 15.9 Å². The first kappa shape index (κ1) is 16.9. The second-order valence-corrected chi connectivity index (χ2v) is 2.31. The topological polar surface area (TPSA) is 66.0 Å². The summed E-state index contributed by atoms with van der Waals surface area (Å²) in [6.07, 6.45) is 0. The molecule has 0 spiro atoms. The van der Waals surface area contributed by atoms with Gasteiger partial charge in [-0.2, -0.15) is 10.5 Å². The SMILES string of the molecule is CBr.CO[SiH2]OC.N#CC#N. The Morgan fingerprint density at radius 1 is 1.09 bits per heavy atom. The zero-order chi connectivity index (χ0) is 9.54. The van der Waals surface area contributed by atoms with E-state index < -0.39 is 10.0 Å². The van der Waals surface area contributed by atoms with Gasteiger partial charge in [-0.15, -0.1) is 0 Å². The molecular formula is C5H11BrN2O2Si. The largest absolute Gasteiger partial charge is 0.402 e. The van der Waals surface area contributed by atoms with E-state index in [2.05, 4.69) is 24.8 Å². The van der Waals surface area contributed by atoms with Gasteiger partial charge in [0.2, 0.25) is 0 Å². The van der Waals surface area contributed by atoms with Gasteiger partial charge in [0.1, 0.15) is 0 Å². The molecule has 11 heavy (non-hydrogen) atoms. The Bertz CT molecular complexity index is 107. The number of hydrogen-bond donors (Lipinski definition) is 0. The zero-order valence-electron chi connectivity index (χ0n) is 6.80. The third kappa shape index (κ3) is 82.1. The Morgan fingerprint density at radius 3 is 1.36 bits per heavy atom. The molecule has 0 radical (unpaired) electrons.